The largest absolute Gasteiger partial charge is 0.322 e. The number of amides is 3. The van der Waals surface area contributed by atoms with Gasteiger partial charge in [0.25, 0.3) is 5.91 Å². The van der Waals surface area contributed by atoms with Crippen molar-refractivity contribution < 1.29 is 23.2 Å². The van der Waals surface area contributed by atoms with Gasteiger partial charge in [0.15, 0.2) is 0 Å². The number of imide groups is 1. The lowest BCUT2D eigenvalue weighted by atomic mass is 9.96. The number of hydrogen-bond donors (Lipinski definition) is 1. The van der Waals surface area contributed by atoms with E-state index in [1.807, 2.05) is 30.3 Å². The molecule has 2 saturated heterocycles. The molecule has 1 atom stereocenters. The summed E-state index contributed by atoms with van der Waals surface area (Å²) in [6, 6.07) is 18.0. The van der Waals surface area contributed by atoms with Gasteiger partial charge in [0.1, 0.15) is 17.7 Å². The van der Waals surface area contributed by atoms with Crippen LogP contribution in [0.25, 0.3) is 0 Å². The fraction of sp³-hybridized carbons (Fsp3) is 0.323. The monoisotopic (exact) mass is 544 g/mol. The molecule has 3 aliphatic rings. The fourth-order valence-corrected chi connectivity index (χ4v) is 6.13. The molecular formula is C31H30F2N4O3. The number of piperidine rings is 1. The van der Waals surface area contributed by atoms with Crippen molar-refractivity contribution in [3.05, 3.63) is 106 Å². The molecule has 0 aliphatic carbocycles. The van der Waals surface area contributed by atoms with Crippen LogP contribution in [0.4, 0.5) is 8.78 Å². The molecule has 3 heterocycles. The summed E-state index contributed by atoms with van der Waals surface area (Å²) in [4.78, 5) is 43.0. The average molecular weight is 545 g/mol. The lowest BCUT2D eigenvalue weighted by Crippen LogP contribution is -2.52. The summed E-state index contributed by atoms with van der Waals surface area (Å²) in [5.41, 5.74) is 4.16. The van der Waals surface area contributed by atoms with Gasteiger partial charge in [0, 0.05) is 51.3 Å². The van der Waals surface area contributed by atoms with E-state index in [-0.39, 0.29) is 35.9 Å². The van der Waals surface area contributed by atoms with Crippen LogP contribution in [0.3, 0.4) is 0 Å². The van der Waals surface area contributed by atoms with Crippen molar-refractivity contribution in [3.8, 4) is 0 Å². The molecule has 0 bridgehead atoms. The molecule has 7 nitrogen and oxygen atoms in total. The van der Waals surface area contributed by atoms with Gasteiger partial charge < -0.3 is 4.90 Å². The van der Waals surface area contributed by atoms with E-state index in [4.69, 9.17) is 0 Å². The lowest BCUT2D eigenvalue weighted by Gasteiger charge is -2.40. The van der Waals surface area contributed by atoms with Crippen LogP contribution in [-0.4, -0.2) is 64.6 Å². The maximum absolute atomic E-state index is 14.1. The van der Waals surface area contributed by atoms with Crippen LogP contribution < -0.4 is 5.32 Å². The van der Waals surface area contributed by atoms with Crippen LogP contribution in [0.1, 0.15) is 51.5 Å². The standard InChI is InChI=1S/C31H30F2N4O3/c32-24-5-1-3-21(16-24)29(22-4-2-6-25(33)17-22)36-13-11-35(12-14-36)18-20-7-8-26-23(15-20)19-37(31(26)40)27-9-10-28(38)34-30(27)39/h1-8,15-17,27,29H,9-14,18-19H2,(H,34,38,39). The van der Waals surface area contributed by atoms with Gasteiger partial charge in [-0.3, -0.25) is 29.5 Å². The second kappa shape index (κ2) is 10.9. The van der Waals surface area contributed by atoms with Crippen molar-refractivity contribution in [2.75, 3.05) is 26.2 Å². The molecule has 6 rings (SSSR count). The van der Waals surface area contributed by atoms with Crippen molar-refractivity contribution in [2.45, 2.75) is 38.0 Å². The summed E-state index contributed by atoms with van der Waals surface area (Å²) >= 11 is 0. The van der Waals surface area contributed by atoms with Crippen LogP contribution in [0.15, 0.2) is 66.7 Å². The Morgan fingerprint density at radius 3 is 2.15 bits per heavy atom. The van der Waals surface area contributed by atoms with E-state index in [1.165, 1.54) is 24.3 Å². The molecule has 40 heavy (non-hydrogen) atoms. The van der Waals surface area contributed by atoms with Crippen LogP contribution in [0.5, 0.6) is 0 Å². The highest BCUT2D eigenvalue weighted by molar-refractivity contribution is 6.05. The van der Waals surface area contributed by atoms with E-state index in [2.05, 4.69) is 15.1 Å². The molecular weight excluding hydrogens is 514 g/mol. The van der Waals surface area contributed by atoms with Crippen molar-refractivity contribution in [1.82, 2.24) is 20.0 Å². The molecule has 0 aromatic heterocycles. The Kier molecular flexibility index (Phi) is 7.16. The van der Waals surface area contributed by atoms with E-state index in [0.29, 0.717) is 25.1 Å². The van der Waals surface area contributed by atoms with Crippen LogP contribution >= 0.6 is 0 Å². The minimum Gasteiger partial charge on any atom is -0.322 e. The number of nitrogens with zero attached hydrogens (tertiary/aromatic N) is 3. The van der Waals surface area contributed by atoms with Gasteiger partial charge >= 0.3 is 0 Å². The Morgan fingerprint density at radius 1 is 0.850 bits per heavy atom. The number of benzene rings is 3. The normalized spacial score (nSPS) is 20.2. The zero-order valence-electron chi connectivity index (χ0n) is 22.0. The van der Waals surface area contributed by atoms with Crippen molar-refractivity contribution in [2.24, 2.45) is 0 Å². The highest BCUT2D eigenvalue weighted by atomic mass is 19.1. The summed E-state index contributed by atoms with van der Waals surface area (Å²) in [6.07, 6.45) is 0.570. The number of hydrogen-bond acceptors (Lipinski definition) is 5. The predicted molar refractivity (Wildman–Crippen MR) is 144 cm³/mol. The van der Waals surface area contributed by atoms with Crippen molar-refractivity contribution in [1.29, 1.82) is 0 Å². The molecule has 0 radical (unpaired) electrons. The van der Waals surface area contributed by atoms with Gasteiger partial charge in [-0.2, -0.15) is 0 Å². The number of piperazine rings is 1. The number of carbonyl (C=O) groups is 3. The fourth-order valence-electron chi connectivity index (χ4n) is 6.13. The quantitative estimate of drug-likeness (QED) is 0.480. The maximum Gasteiger partial charge on any atom is 0.255 e. The van der Waals surface area contributed by atoms with E-state index in [0.717, 1.165) is 48.4 Å². The summed E-state index contributed by atoms with van der Waals surface area (Å²) < 4.78 is 28.2. The zero-order valence-corrected chi connectivity index (χ0v) is 22.0. The molecule has 3 aliphatic heterocycles. The average Bonchev–Trinajstić information content (AvgIpc) is 3.25. The molecule has 1 N–H and O–H groups in total. The minimum atomic E-state index is -0.627. The Labute approximate surface area is 231 Å². The minimum absolute atomic E-state index is 0.176. The highest BCUT2D eigenvalue weighted by Crippen LogP contribution is 2.32. The van der Waals surface area contributed by atoms with Crippen LogP contribution in [0.2, 0.25) is 0 Å². The number of nitrogens with one attached hydrogen (secondary N) is 1. The third-order valence-electron chi connectivity index (χ3n) is 8.09. The summed E-state index contributed by atoms with van der Waals surface area (Å²) in [5, 5.41) is 2.34. The number of rotatable bonds is 6. The smallest absolute Gasteiger partial charge is 0.255 e. The van der Waals surface area contributed by atoms with Gasteiger partial charge in [-0.05, 0) is 59.0 Å². The maximum atomic E-state index is 14.1. The summed E-state index contributed by atoms with van der Waals surface area (Å²) in [7, 11) is 0. The SMILES string of the molecule is O=C1CCC(N2Cc3cc(CN4CCN(C(c5cccc(F)c5)c5cccc(F)c5)CC4)ccc3C2=O)C(=O)N1. The van der Waals surface area contributed by atoms with Gasteiger partial charge in [-0.25, -0.2) is 8.78 Å². The summed E-state index contributed by atoms with van der Waals surface area (Å²) in [6.45, 7) is 4.07. The zero-order chi connectivity index (χ0) is 27.8. The van der Waals surface area contributed by atoms with Crippen LogP contribution in [-0.2, 0) is 22.7 Å². The number of carbonyl (C=O) groups excluding carboxylic acids is 3. The first-order valence-corrected chi connectivity index (χ1v) is 13.6. The summed E-state index contributed by atoms with van der Waals surface area (Å²) in [5.74, 6) is -1.52. The van der Waals surface area contributed by atoms with E-state index in [9.17, 15) is 23.2 Å². The molecule has 3 aromatic rings. The highest BCUT2D eigenvalue weighted by Gasteiger charge is 2.39. The van der Waals surface area contributed by atoms with Gasteiger partial charge in [0.05, 0.1) is 6.04 Å². The first-order chi connectivity index (χ1) is 19.4. The van der Waals surface area contributed by atoms with E-state index >= 15 is 0 Å². The molecule has 9 heteroatoms. The molecule has 1 unspecified atom stereocenters. The predicted octanol–water partition coefficient (Wildman–Crippen LogP) is 3.63. The van der Waals surface area contributed by atoms with Crippen molar-refractivity contribution in [3.63, 3.8) is 0 Å². The molecule has 3 amide bonds. The first kappa shape index (κ1) is 26.3. The Morgan fingerprint density at radius 2 is 1.52 bits per heavy atom. The lowest BCUT2D eigenvalue weighted by molar-refractivity contribution is -0.136. The second-order valence-electron chi connectivity index (χ2n) is 10.7. The third-order valence-corrected chi connectivity index (χ3v) is 8.09. The molecule has 206 valence electrons. The topological polar surface area (TPSA) is 73.0 Å². The van der Waals surface area contributed by atoms with Crippen LogP contribution in [0, 0.1) is 11.6 Å². The molecule has 3 aromatic carbocycles. The first-order valence-electron chi connectivity index (χ1n) is 13.6. The molecule has 0 spiro atoms. The Balaban J connectivity index is 1.12. The molecule has 2 fully saturated rings. The van der Waals surface area contributed by atoms with Gasteiger partial charge in [0.2, 0.25) is 11.8 Å². The van der Waals surface area contributed by atoms with E-state index in [1.54, 1.807) is 17.0 Å². The number of halogens is 2. The van der Waals surface area contributed by atoms with E-state index < -0.39 is 11.9 Å². The second-order valence-corrected chi connectivity index (χ2v) is 10.7. The number of fused-ring (bicyclic) bond motifs is 1. The Bertz CT molecular complexity index is 1420. The Hall–Kier alpha value is -3.95. The van der Waals surface area contributed by atoms with Gasteiger partial charge in [-0.1, -0.05) is 36.4 Å². The van der Waals surface area contributed by atoms with Gasteiger partial charge in [-0.15, -0.1) is 0 Å². The van der Waals surface area contributed by atoms with Crippen molar-refractivity contribution >= 4 is 17.7 Å². The molecule has 0 saturated carbocycles. The third kappa shape index (κ3) is 5.26.